The molecule has 5 heteroatoms. The van der Waals surface area contributed by atoms with E-state index in [0.717, 1.165) is 46.4 Å². The molecule has 1 atom stereocenters. The van der Waals surface area contributed by atoms with E-state index >= 15 is 0 Å². The Hall–Kier alpha value is -2.84. The van der Waals surface area contributed by atoms with Crippen molar-refractivity contribution in [3.8, 4) is 17.3 Å². The molecule has 0 radical (unpaired) electrons. The average Bonchev–Trinajstić information content (AvgIpc) is 3.23. The quantitative estimate of drug-likeness (QED) is 0.779. The molecule has 5 nitrogen and oxygen atoms in total. The lowest BCUT2D eigenvalue weighted by atomic mass is 9.92. The molecular weight excluding hydrogens is 312 g/mol. The topological polar surface area (TPSA) is 76.9 Å². The lowest BCUT2D eigenvalue weighted by molar-refractivity contribution is 0.194. The van der Waals surface area contributed by atoms with Gasteiger partial charge in [0.25, 0.3) is 0 Å². The summed E-state index contributed by atoms with van der Waals surface area (Å²) in [7, 11) is 2.06. The van der Waals surface area contributed by atoms with Crippen molar-refractivity contribution in [1.82, 2.24) is 9.55 Å². The van der Waals surface area contributed by atoms with E-state index < -0.39 is 0 Å². The van der Waals surface area contributed by atoms with Gasteiger partial charge in [0, 0.05) is 41.7 Å². The minimum absolute atomic E-state index is 0.203. The third-order valence-electron chi connectivity index (χ3n) is 5.22. The van der Waals surface area contributed by atoms with Crippen molar-refractivity contribution in [2.24, 2.45) is 7.05 Å². The molecule has 126 valence electrons. The van der Waals surface area contributed by atoms with E-state index in [0.29, 0.717) is 18.0 Å². The fourth-order valence-electron chi connectivity index (χ4n) is 3.78. The first-order chi connectivity index (χ1) is 12.1. The monoisotopic (exact) mass is 332 g/mol. The number of para-hydroxylation sites is 1. The third kappa shape index (κ3) is 2.38. The first-order valence-electron chi connectivity index (χ1n) is 8.44. The highest BCUT2D eigenvalue weighted by molar-refractivity contribution is 5.97. The van der Waals surface area contributed by atoms with E-state index in [-0.39, 0.29) is 5.92 Å². The number of nitrogens with two attached hydrogens (primary N) is 1. The van der Waals surface area contributed by atoms with Gasteiger partial charge in [0.05, 0.1) is 17.9 Å². The van der Waals surface area contributed by atoms with Crippen LogP contribution in [0.1, 0.15) is 29.2 Å². The van der Waals surface area contributed by atoms with E-state index in [2.05, 4.69) is 41.7 Å². The number of hydrogen-bond acceptors (Lipinski definition) is 4. The van der Waals surface area contributed by atoms with Crippen molar-refractivity contribution in [3.63, 3.8) is 0 Å². The standard InChI is InChI=1S/C20H20N4O/c1-12-19(14-5-3-4-6-18(14)24(12)2)17-9-15(13-7-8-25-11-13)16(10-21)20(22)23-17/h3-6,9,13H,7-8,11H2,1-2H3,(H2,22,23)/t13-/m1/s1. The van der Waals surface area contributed by atoms with Gasteiger partial charge in [-0.3, -0.25) is 0 Å². The molecule has 3 heterocycles. The van der Waals surface area contributed by atoms with Crippen molar-refractivity contribution in [2.75, 3.05) is 18.9 Å². The summed E-state index contributed by atoms with van der Waals surface area (Å²) in [6.07, 6.45) is 0.909. The molecule has 0 amide bonds. The number of hydrogen-bond donors (Lipinski definition) is 1. The number of nitrogens with zero attached hydrogens (tertiary/aromatic N) is 3. The second kappa shape index (κ2) is 5.91. The summed E-state index contributed by atoms with van der Waals surface area (Å²) in [4.78, 5) is 4.57. The van der Waals surface area contributed by atoms with Crippen LogP contribution in [0.2, 0.25) is 0 Å². The number of aryl methyl sites for hydroxylation is 1. The number of nitrogen functional groups attached to an aromatic ring is 1. The molecule has 1 saturated heterocycles. The molecule has 3 aromatic rings. The fraction of sp³-hybridized carbons (Fsp3) is 0.300. The Morgan fingerprint density at radius 2 is 2.16 bits per heavy atom. The molecule has 1 fully saturated rings. The summed E-state index contributed by atoms with van der Waals surface area (Å²) >= 11 is 0. The van der Waals surface area contributed by atoms with Gasteiger partial charge in [0.1, 0.15) is 11.9 Å². The zero-order valence-electron chi connectivity index (χ0n) is 14.4. The average molecular weight is 332 g/mol. The highest BCUT2D eigenvalue weighted by Gasteiger charge is 2.25. The maximum atomic E-state index is 9.54. The molecule has 0 unspecified atom stereocenters. The van der Waals surface area contributed by atoms with Crippen molar-refractivity contribution in [3.05, 3.63) is 47.2 Å². The molecule has 2 N–H and O–H groups in total. The number of ether oxygens (including phenoxy) is 1. The largest absolute Gasteiger partial charge is 0.383 e. The van der Waals surface area contributed by atoms with Gasteiger partial charge >= 0.3 is 0 Å². The molecule has 0 bridgehead atoms. The SMILES string of the molecule is Cc1c(-c2cc([C@@H]3CCOC3)c(C#N)c(N)n2)c2ccccc2n1C. The van der Waals surface area contributed by atoms with E-state index in [9.17, 15) is 5.26 Å². The van der Waals surface area contributed by atoms with Crippen LogP contribution in [-0.2, 0) is 11.8 Å². The third-order valence-corrected chi connectivity index (χ3v) is 5.22. The fourth-order valence-corrected chi connectivity index (χ4v) is 3.78. The first-order valence-corrected chi connectivity index (χ1v) is 8.44. The van der Waals surface area contributed by atoms with Gasteiger partial charge in [0.2, 0.25) is 0 Å². The molecule has 0 saturated carbocycles. The summed E-state index contributed by atoms with van der Waals surface area (Å²) in [6, 6.07) is 12.5. The van der Waals surface area contributed by atoms with Crippen LogP contribution in [0.4, 0.5) is 5.82 Å². The molecule has 1 aliphatic rings. The molecule has 1 aromatic carbocycles. The minimum Gasteiger partial charge on any atom is -0.383 e. The van der Waals surface area contributed by atoms with Gasteiger partial charge in [-0.25, -0.2) is 4.98 Å². The Bertz CT molecular complexity index is 1010. The molecule has 0 spiro atoms. The highest BCUT2D eigenvalue weighted by Crippen LogP contribution is 2.37. The minimum atomic E-state index is 0.203. The highest BCUT2D eigenvalue weighted by atomic mass is 16.5. The van der Waals surface area contributed by atoms with Crippen molar-refractivity contribution < 1.29 is 4.74 Å². The van der Waals surface area contributed by atoms with Gasteiger partial charge in [-0.2, -0.15) is 5.26 Å². The maximum absolute atomic E-state index is 9.54. The van der Waals surface area contributed by atoms with Crippen LogP contribution in [0.25, 0.3) is 22.2 Å². The number of nitriles is 1. The van der Waals surface area contributed by atoms with Gasteiger partial charge in [-0.05, 0) is 31.0 Å². The first kappa shape index (κ1) is 15.7. The van der Waals surface area contributed by atoms with Crippen molar-refractivity contribution in [1.29, 1.82) is 5.26 Å². The smallest absolute Gasteiger partial charge is 0.142 e. The second-order valence-corrected chi connectivity index (χ2v) is 6.57. The predicted octanol–water partition coefficient (Wildman–Crippen LogP) is 3.51. The molecule has 4 rings (SSSR count). The zero-order valence-corrected chi connectivity index (χ0v) is 14.4. The molecule has 1 aliphatic heterocycles. The summed E-state index contributed by atoms with van der Waals surface area (Å²) < 4.78 is 7.69. The lowest BCUT2D eigenvalue weighted by Gasteiger charge is -2.14. The second-order valence-electron chi connectivity index (χ2n) is 6.57. The number of rotatable bonds is 2. The summed E-state index contributed by atoms with van der Waals surface area (Å²) in [6.45, 7) is 3.44. The van der Waals surface area contributed by atoms with Gasteiger partial charge in [-0.1, -0.05) is 18.2 Å². The van der Waals surface area contributed by atoms with Gasteiger partial charge in [0.15, 0.2) is 0 Å². The number of aromatic nitrogens is 2. The Labute approximate surface area is 146 Å². The van der Waals surface area contributed by atoms with Gasteiger partial charge in [-0.15, -0.1) is 0 Å². The molecule has 25 heavy (non-hydrogen) atoms. The van der Waals surface area contributed by atoms with Crippen LogP contribution < -0.4 is 5.73 Å². The van der Waals surface area contributed by atoms with Crippen LogP contribution in [0.3, 0.4) is 0 Å². The van der Waals surface area contributed by atoms with Crippen LogP contribution in [0.5, 0.6) is 0 Å². The van der Waals surface area contributed by atoms with Crippen molar-refractivity contribution in [2.45, 2.75) is 19.3 Å². The van der Waals surface area contributed by atoms with Gasteiger partial charge < -0.3 is 15.0 Å². The molecule has 2 aromatic heterocycles. The Morgan fingerprint density at radius 1 is 1.36 bits per heavy atom. The number of anilines is 1. The Kier molecular flexibility index (Phi) is 3.70. The van der Waals surface area contributed by atoms with Crippen LogP contribution in [-0.4, -0.2) is 22.8 Å². The predicted molar refractivity (Wildman–Crippen MR) is 98.2 cm³/mol. The number of fused-ring (bicyclic) bond motifs is 1. The van der Waals surface area contributed by atoms with Crippen LogP contribution in [0.15, 0.2) is 30.3 Å². The summed E-state index contributed by atoms with van der Waals surface area (Å²) in [5.41, 5.74) is 11.8. The zero-order chi connectivity index (χ0) is 17.6. The number of pyridine rings is 1. The Morgan fingerprint density at radius 3 is 2.88 bits per heavy atom. The Balaban J connectivity index is 1.98. The van der Waals surface area contributed by atoms with E-state index in [4.69, 9.17) is 10.5 Å². The van der Waals surface area contributed by atoms with Crippen LogP contribution >= 0.6 is 0 Å². The van der Waals surface area contributed by atoms with E-state index in [1.165, 1.54) is 0 Å². The van der Waals surface area contributed by atoms with Crippen molar-refractivity contribution >= 4 is 16.7 Å². The molecule has 0 aliphatic carbocycles. The summed E-state index contributed by atoms with van der Waals surface area (Å²) in [5.74, 6) is 0.503. The van der Waals surface area contributed by atoms with E-state index in [1.54, 1.807) is 0 Å². The van der Waals surface area contributed by atoms with Crippen LogP contribution in [0, 0.1) is 18.3 Å². The normalized spacial score (nSPS) is 17.1. The summed E-state index contributed by atoms with van der Waals surface area (Å²) in [5, 5.41) is 10.7. The lowest BCUT2D eigenvalue weighted by Crippen LogP contribution is -2.07. The molecular formula is C20H20N4O. The number of benzene rings is 1. The maximum Gasteiger partial charge on any atom is 0.142 e. The van der Waals surface area contributed by atoms with E-state index in [1.807, 2.05) is 18.2 Å².